The van der Waals surface area contributed by atoms with Crippen LogP contribution in [0.2, 0.25) is 0 Å². The third-order valence-electron chi connectivity index (χ3n) is 2.39. The Balaban J connectivity index is 2.17. The van der Waals surface area contributed by atoms with Crippen molar-refractivity contribution in [3.63, 3.8) is 0 Å². The number of benzene rings is 1. The molecule has 0 spiro atoms. The van der Waals surface area contributed by atoms with Crippen LogP contribution in [0.1, 0.15) is 13.8 Å². The van der Waals surface area contributed by atoms with E-state index in [1.807, 2.05) is 44.2 Å². The fraction of sp³-hybridized carbons (Fsp3) is 0.400. The van der Waals surface area contributed by atoms with E-state index in [1.165, 1.54) is 11.8 Å². The molecule has 1 aromatic carbocycles. The van der Waals surface area contributed by atoms with Gasteiger partial charge in [0, 0.05) is 11.4 Å². The summed E-state index contributed by atoms with van der Waals surface area (Å²) in [5.41, 5.74) is 0. The van der Waals surface area contributed by atoms with Gasteiger partial charge < -0.3 is 10.1 Å². The lowest BCUT2D eigenvalue weighted by Gasteiger charge is -2.09. The Morgan fingerprint density at radius 3 is 2.50 bits per heavy atom. The number of nitrogens with one attached hydrogen (secondary N) is 2. The molecule has 0 fully saturated rings. The lowest BCUT2D eigenvalue weighted by Crippen LogP contribution is -2.42. The summed E-state index contributed by atoms with van der Waals surface area (Å²) in [7, 11) is 0. The van der Waals surface area contributed by atoms with Crippen LogP contribution < -0.4 is 10.6 Å². The van der Waals surface area contributed by atoms with Gasteiger partial charge in [-0.15, -0.1) is 11.8 Å². The van der Waals surface area contributed by atoms with Crippen LogP contribution in [0.3, 0.4) is 0 Å². The zero-order valence-corrected chi connectivity index (χ0v) is 13.4. The monoisotopic (exact) mass is 324 g/mol. The Bertz CT molecular complexity index is 506. The molecule has 0 aliphatic carbocycles. The van der Waals surface area contributed by atoms with Crippen molar-refractivity contribution in [1.29, 1.82) is 0 Å². The number of ether oxygens (including phenoxy) is 1. The van der Waals surface area contributed by atoms with E-state index in [1.54, 1.807) is 0 Å². The summed E-state index contributed by atoms with van der Waals surface area (Å²) in [4.78, 5) is 35.2. The van der Waals surface area contributed by atoms with Crippen LogP contribution in [0.4, 0.5) is 4.79 Å². The molecule has 0 aliphatic rings. The van der Waals surface area contributed by atoms with E-state index in [0.29, 0.717) is 6.54 Å². The van der Waals surface area contributed by atoms with E-state index in [-0.39, 0.29) is 11.7 Å². The zero-order chi connectivity index (χ0) is 16.4. The quantitative estimate of drug-likeness (QED) is 0.590. The summed E-state index contributed by atoms with van der Waals surface area (Å²) in [6, 6.07) is 8.80. The average Bonchev–Trinajstić information content (AvgIpc) is 2.50. The minimum absolute atomic E-state index is 0.108. The molecule has 1 aromatic rings. The fourth-order valence-electron chi connectivity index (χ4n) is 1.35. The van der Waals surface area contributed by atoms with Gasteiger partial charge in [0.1, 0.15) is 0 Å². The normalized spacial score (nSPS) is 10.1. The van der Waals surface area contributed by atoms with Gasteiger partial charge in [0.25, 0.3) is 5.91 Å². The number of thioether (sulfide) groups is 1. The summed E-state index contributed by atoms with van der Waals surface area (Å²) < 4.78 is 4.80. The van der Waals surface area contributed by atoms with Crippen LogP contribution in [0, 0.1) is 5.92 Å². The molecule has 0 saturated carbocycles. The molecule has 0 atom stereocenters. The van der Waals surface area contributed by atoms with E-state index in [2.05, 4.69) is 10.6 Å². The first-order valence-electron chi connectivity index (χ1n) is 6.88. The number of amides is 3. The predicted octanol–water partition coefficient (Wildman–Crippen LogP) is 1.80. The summed E-state index contributed by atoms with van der Waals surface area (Å²) in [6.07, 6.45) is 0. The zero-order valence-electron chi connectivity index (χ0n) is 12.6. The maximum absolute atomic E-state index is 11.5. The van der Waals surface area contributed by atoms with Gasteiger partial charge in [-0.2, -0.15) is 0 Å². The number of imide groups is 1. The summed E-state index contributed by atoms with van der Waals surface area (Å²) in [5.74, 6) is -0.767. The van der Waals surface area contributed by atoms with E-state index < -0.39 is 24.5 Å². The molecule has 3 amide bonds. The van der Waals surface area contributed by atoms with Crippen LogP contribution in [-0.4, -0.2) is 36.8 Å². The Morgan fingerprint density at radius 2 is 1.86 bits per heavy atom. The summed E-state index contributed by atoms with van der Waals surface area (Å²) in [6.45, 7) is 3.87. The van der Waals surface area contributed by atoms with Gasteiger partial charge in [-0.25, -0.2) is 4.79 Å². The van der Waals surface area contributed by atoms with Gasteiger partial charge in [0.2, 0.25) is 0 Å². The van der Waals surface area contributed by atoms with Crippen molar-refractivity contribution < 1.29 is 19.1 Å². The third-order valence-corrected chi connectivity index (χ3v) is 3.37. The maximum atomic E-state index is 11.5. The maximum Gasteiger partial charge on any atom is 0.321 e. The topological polar surface area (TPSA) is 84.5 Å². The molecule has 1 rings (SSSR count). The first kappa shape index (κ1) is 18.0. The highest BCUT2D eigenvalue weighted by atomic mass is 32.2. The van der Waals surface area contributed by atoms with Crippen molar-refractivity contribution in [2.24, 2.45) is 5.92 Å². The fourth-order valence-corrected chi connectivity index (χ4v) is 2.07. The number of carbonyl (C=O) groups is 3. The Hall–Kier alpha value is -2.02. The first-order chi connectivity index (χ1) is 10.5. The smallest absolute Gasteiger partial charge is 0.321 e. The minimum Gasteiger partial charge on any atom is -0.455 e. The van der Waals surface area contributed by atoms with E-state index in [9.17, 15) is 14.4 Å². The van der Waals surface area contributed by atoms with Crippen molar-refractivity contribution in [1.82, 2.24) is 10.6 Å². The number of esters is 1. The van der Waals surface area contributed by atoms with Gasteiger partial charge in [-0.05, 0) is 18.1 Å². The SMILES string of the molecule is CC(C)CNC(=O)NC(=O)COC(=O)CSc1ccccc1. The van der Waals surface area contributed by atoms with Crippen LogP contribution in [0.15, 0.2) is 35.2 Å². The molecule has 6 nitrogen and oxygen atoms in total. The third kappa shape index (κ3) is 8.31. The minimum atomic E-state index is -0.653. The lowest BCUT2D eigenvalue weighted by molar-refractivity contribution is -0.145. The van der Waals surface area contributed by atoms with E-state index in [0.717, 1.165) is 4.90 Å². The van der Waals surface area contributed by atoms with Crippen LogP contribution in [0.5, 0.6) is 0 Å². The molecule has 7 heteroatoms. The first-order valence-corrected chi connectivity index (χ1v) is 7.87. The second-order valence-electron chi connectivity index (χ2n) is 4.91. The Labute approximate surface area is 134 Å². The van der Waals surface area contributed by atoms with Crippen LogP contribution >= 0.6 is 11.8 Å². The largest absolute Gasteiger partial charge is 0.455 e. The molecule has 0 heterocycles. The van der Waals surface area contributed by atoms with Crippen molar-refractivity contribution in [2.45, 2.75) is 18.7 Å². The standard InChI is InChI=1S/C15H20N2O4S/c1-11(2)8-16-15(20)17-13(18)9-21-14(19)10-22-12-6-4-3-5-7-12/h3-7,11H,8-10H2,1-2H3,(H2,16,17,18,20). The highest BCUT2D eigenvalue weighted by Gasteiger charge is 2.11. The number of hydrogen-bond acceptors (Lipinski definition) is 5. The van der Waals surface area contributed by atoms with Crippen molar-refractivity contribution >= 4 is 29.7 Å². The molecular formula is C15H20N2O4S. The van der Waals surface area contributed by atoms with Gasteiger partial charge in [-0.3, -0.25) is 14.9 Å². The second-order valence-corrected chi connectivity index (χ2v) is 5.96. The van der Waals surface area contributed by atoms with Crippen molar-refractivity contribution in [3.8, 4) is 0 Å². The number of urea groups is 1. The van der Waals surface area contributed by atoms with E-state index in [4.69, 9.17) is 4.74 Å². The molecular weight excluding hydrogens is 304 g/mol. The highest BCUT2D eigenvalue weighted by molar-refractivity contribution is 8.00. The van der Waals surface area contributed by atoms with Gasteiger partial charge in [0.05, 0.1) is 5.75 Å². The molecule has 22 heavy (non-hydrogen) atoms. The van der Waals surface area contributed by atoms with Gasteiger partial charge in [-0.1, -0.05) is 32.0 Å². The second kappa shape index (κ2) is 9.83. The van der Waals surface area contributed by atoms with Gasteiger partial charge in [0.15, 0.2) is 6.61 Å². The molecule has 0 aromatic heterocycles. The molecule has 0 unspecified atom stereocenters. The number of rotatable bonds is 7. The molecule has 0 aliphatic heterocycles. The van der Waals surface area contributed by atoms with Crippen molar-refractivity contribution in [3.05, 3.63) is 30.3 Å². The van der Waals surface area contributed by atoms with Crippen LogP contribution in [-0.2, 0) is 14.3 Å². The van der Waals surface area contributed by atoms with Crippen molar-refractivity contribution in [2.75, 3.05) is 18.9 Å². The van der Waals surface area contributed by atoms with E-state index >= 15 is 0 Å². The Morgan fingerprint density at radius 1 is 1.18 bits per heavy atom. The van der Waals surface area contributed by atoms with Crippen LogP contribution in [0.25, 0.3) is 0 Å². The number of hydrogen-bond donors (Lipinski definition) is 2. The summed E-state index contributed by atoms with van der Waals surface area (Å²) in [5, 5.41) is 4.62. The van der Waals surface area contributed by atoms with Gasteiger partial charge >= 0.3 is 12.0 Å². The average molecular weight is 324 g/mol. The molecule has 0 saturated heterocycles. The molecule has 0 bridgehead atoms. The summed E-state index contributed by atoms with van der Waals surface area (Å²) >= 11 is 1.32. The number of carbonyl (C=O) groups excluding carboxylic acids is 3. The molecule has 120 valence electrons. The Kier molecular flexibility index (Phi) is 8.06. The lowest BCUT2D eigenvalue weighted by atomic mass is 10.2. The highest BCUT2D eigenvalue weighted by Crippen LogP contribution is 2.16. The molecule has 2 N–H and O–H groups in total. The molecule has 0 radical (unpaired) electrons. The predicted molar refractivity (Wildman–Crippen MR) is 84.5 cm³/mol.